The lowest BCUT2D eigenvalue weighted by molar-refractivity contribution is 0.0876. The van der Waals surface area contributed by atoms with Gasteiger partial charge in [0.1, 0.15) is 0 Å². The molecule has 1 rings (SSSR count). The van der Waals surface area contributed by atoms with Crippen molar-refractivity contribution in [2.45, 2.75) is 13.8 Å². The number of nitrogens with one attached hydrogen (secondary N) is 1. The average Bonchev–Trinajstić information content (AvgIpc) is 2.54. The van der Waals surface area contributed by atoms with Gasteiger partial charge in [-0.3, -0.25) is 9.80 Å². The monoisotopic (exact) mass is 346 g/mol. The Bertz CT molecular complexity index is 318. The average molecular weight is 347 g/mol. The van der Waals surface area contributed by atoms with Crippen molar-refractivity contribution in [1.29, 1.82) is 0 Å². The van der Waals surface area contributed by atoms with Crippen LogP contribution in [0.3, 0.4) is 0 Å². The molecule has 144 valence electrons. The van der Waals surface area contributed by atoms with E-state index < -0.39 is 0 Å². The maximum Gasteiger partial charge on any atom is 0.0558 e. The minimum absolute atomic E-state index is 0.100. The lowest BCUT2D eigenvalue weighted by Crippen LogP contribution is -2.47. The van der Waals surface area contributed by atoms with Crippen molar-refractivity contribution >= 4 is 0 Å². The second-order valence-electron chi connectivity index (χ2n) is 7.48. The number of rotatable bonds is 7. The second kappa shape index (κ2) is 12.1. The number of hydrogen-bond acceptors (Lipinski definition) is 7. The first-order chi connectivity index (χ1) is 11.5. The number of hydrogen-bond donors (Lipinski definition) is 4. The van der Waals surface area contributed by atoms with Gasteiger partial charge in [-0.25, -0.2) is 0 Å². The van der Waals surface area contributed by atoms with E-state index in [4.69, 9.17) is 0 Å². The van der Waals surface area contributed by atoms with Crippen LogP contribution in [-0.4, -0.2) is 122 Å². The molecule has 0 atom stereocenters. The van der Waals surface area contributed by atoms with E-state index in [9.17, 15) is 15.3 Å². The SMILES string of the molecule is CC(C)(CO)CN1CCNCCN(CCO)CCN(CCO)CC1. The third-order valence-corrected chi connectivity index (χ3v) is 4.59. The fourth-order valence-corrected chi connectivity index (χ4v) is 3.04. The summed E-state index contributed by atoms with van der Waals surface area (Å²) in [4.78, 5) is 6.96. The van der Waals surface area contributed by atoms with Gasteiger partial charge in [0.05, 0.1) is 13.2 Å². The summed E-state index contributed by atoms with van der Waals surface area (Å²) in [6.45, 7) is 14.4. The van der Waals surface area contributed by atoms with Gasteiger partial charge in [-0.2, -0.15) is 0 Å². The van der Waals surface area contributed by atoms with E-state index in [2.05, 4.69) is 33.9 Å². The molecule has 0 unspecified atom stereocenters. The van der Waals surface area contributed by atoms with Crippen LogP contribution in [0.25, 0.3) is 0 Å². The summed E-state index contributed by atoms with van der Waals surface area (Å²) >= 11 is 0. The van der Waals surface area contributed by atoms with Crippen LogP contribution >= 0.6 is 0 Å². The third kappa shape index (κ3) is 9.27. The summed E-state index contributed by atoms with van der Waals surface area (Å²) in [5.74, 6) is 0. The first-order valence-electron chi connectivity index (χ1n) is 9.21. The summed E-state index contributed by atoms with van der Waals surface area (Å²) in [5, 5.41) is 31.5. The number of aliphatic hydroxyl groups excluding tert-OH is 3. The fraction of sp³-hybridized carbons (Fsp3) is 1.00. The molecule has 0 aromatic rings. The molecular weight excluding hydrogens is 308 g/mol. The summed E-state index contributed by atoms with van der Waals surface area (Å²) in [6.07, 6.45) is 0. The molecule has 1 fully saturated rings. The Morgan fingerprint density at radius 2 is 1.21 bits per heavy atom. The van der Waals surface area contributed by atoms with Crippen molar-refractivity contribution in [2.24, 2.45) is 5.41 Å². The van der Waals surface area contributed by atoms with Gasteiger partial charge in [-0.1, -0.05) is 13.8 Å². The Labute approximate surface area is 147 Å². The first kappa shape index (κ1) is 21.8. The highest BCUT2D eigenvalue weighted by atomic mass is 16.3. The molecule has 1 aliphatic rings. The van der Waals surface area contributed by atoms with Crippen molar-refractivity contribution in [1.82, 2.24) is 20.0 Å². The Hall–Kier alpha value is -0.280. The van der Waals surface area contributed by atoms with E-state index in [0.717, 1.165) is 58.9 Å². The van der Waals surface area contributed by atoms with Crippen molar-refractivity contribution in [3.63, 3.8) is 0 Å². The third-order valence-electron chi connectivity index (χ3n) is 4.59. The fourth-order valence-electron chi connectivity index (χ4n) is 3.04. The Morgan fingerprint density at radius 3 is 1.71 bits per heavy atom. The quantitative estimate of drug-likeness (QED) is 0.447. The molecule has 0 spiro atoms. The lowest BCUT2D eigenvalue weighted by Gasteiger charge is -2.34. The zero-order chi connectivity index (χ0) is 17.8. The summed E-state index contributed by atoms with van der Waals surface area (Å²) in [5.41, 5.74) is -0.100. The molecule has 7 nitrogen and oxygen atoms in total. The number of nitrogens with zero attached hydrogens (tertiary/aromatic N) is 3. The summed E-state index contributed by atoms with van der Waals surface area (Å²) < 4.78 is 0. The number of aliphatic hydroxyl groups is 3. The van der Waals surface area contributed by atoms with Crippen LogP contribution in [0, 0.1) is 5.41 Å². The van der Waals surface area contributed by atoms with Gasteiger partial charge in [0.2, 0.25) is 0 Å². The minimum atomic E-state index is -0.100. The van der Waals surface area contributed by atoms with Gasteiger partial charge in [-0.15, -0.1) is 0 Å². The number of β-amino-alcohol motifs (C(OH)–C–C–N with tert-alkyl or cyclic N) is 2. The van der Waals surface area contributed by atoms with Crippen molar-refractivity contribution < 1.29 is 15.3 Å². The minimum Gasteiger partial charge on any atom is -0.396 e. The molecule has 0 aliphatic carbocycles. The maximum absolute atomic E-state index is 9.54. The van der Waals surface area contributed by atoms with Crippen molar-refractivity contribution in [2.75, 3.05) is 91.8 Å². The molecule has 24 heavy (non-hydrogen) atoms. The highest BCUT2D eigenvalue weighted by Crippen LogP contribution is 2.15. The lowest BCUT2D eigenvalue weighted by atomic mass is 9.94. The van der Waals surface area contributed by atoms with E-state index in [1.54, 1.807) is 0 Å². The van der Waals surface area contributed by atoms with Gasteiger partial charge >= 0.3 is 0 Å². The Morgan fingerprint density at radius 1 is 0.750 bits per heavy atom. The topological polar surface area (TPSA) is 82.4 Å². The first-order valence-corrected chi connectivity index (χ1v) is 9.21. The van der Waals surface area contributed by atoms with Crippen LogP contribution < -0.4 is 5.32 Å². The Kier molecular flexibility index (Phi) is 11.0. The molecule has 1 heterocycles. The summed E-state index contributed by atoms with van der Waals surface area (Å²) in [6, 6.07) is 0. The van der Waals surface area contributed by atoms with Crippen LogP contribution in [0.1, 0.15) is 13.8 Å². The van der Waals surface area contributed by atoms with Crippen LogP contribution in [0.15, 0.2) is 0 Å². The highest BCUT2D eigenvalue weighted by Gasteiger charge is 2.21. The van der Waals surface area contributed by atoms with Gasteiger partial charge in [0, 0.05) is 84.0 Å². The summed E-state index contributed by atoms with van der Waals surface area (Å²) in [7, 11) is 0. The standard InChI is InChI=1S/C17H38N4O3/c1-17(2,16-24)15-21-6-4-18-3-5-19(11-13-22)7-8-20(9-10-21)12-14-23/h18,22-24H,3-16H2,1-2H3. The molecular formula is C17H38N4O3. The normalized spacial score (nSPS) is 21.4. The zero-order valence-corrected chi connectivity index (χ0v) is 15.6. The molecule has 0 saturated carbocycles. The van der Waals surface area contributed by atoms with Gasteiger partial charge in [0.25, 0.3) is 0 Å². The second-order valence-corrected chi connectivity index (χ2v) is 7.48. The van der Waals surface area contributed by atoms with Gasteiger partial charge in [0.15, 0.2) is 0 Å². The molecule has 0 aromatic heterocycles. The molecule has 4 N–H and O–H groups in total. The van der Waals surface area contributed by atoms with E-state index >= 15 is 0 Å². The maximum atomic E-state index is 9.54. The Balaban J connectivity index is 2.62. The van der Waals surface area contributed by atoms with Crippen molar-refractivity contribution in [3.05, 3.63) is 0 Å². The van der Waals surface area contributed by atoms with E-state index in [1.807, 2.05) is 0 Å². The molecule has 0 radical (unpaired) electrons. The molecule has 1 saturated heterocycles. The predicted molar refractivity (Wildman–Crippen MR) is 97.2 cm³/mol. The van der Waals surface area contributed by atoms with Crippen LogP contribution in [0.2, 0.25) is 0 Å². The van der Waals surface area contributed by atoms with E-state index in [-0.39, 0.29) is 25.2 Å². The largest absolute Gasteiger partial charge is 0.396 e. The van der Waals surface area contributed by atoms with E-state index in [0.29, 0.717) is 13.1 Å². The van der Waals surface area contributed by atoms with Gasteiger partial charge < -0.3 is 25.5 Å². The molecule has 0 aromatic carbocycles. The molecule has 0 bridgehead atoms. The smallest absolute Gasteiger partial charge is 0.0558 e. The van der Waals surface area contributed by atoms with Crippen LogP contribution in [-0.2, 0) is 0 Å². The molecule has 0 amide bonds. The van der Waals surface area contributed by atoms with Crippen molar-refractivity contribution in [3.8, 4) is 0 Å². The van der Waals surface area contributed by atoms with Crippen LogP contribution in [0.5, 0.6) is 0 Å². The van der Waals surface area contributed by atoms with Crippen LogP contribution in [0.4, 0.5) is 0 Å². The highest BCUT2D eigenvalue weighted by molar-refractivity contribution is 4.76. The zero-order valence-electron chi connectivity index (χ0n) is 15.6. The predicted octanol–water partition coefficient (Wildman–Crippen LogP) is -1.50. The molecule has 7 heteroatoms. The molecule has 1 aliphatic heterocycles. The van der Waals surface area contributed by atoms with E-state index in [1.165, 1.54) is 0 Å². The van der Waals surface area contributed by atoms with Gasteiger partial charge in [-0.05, 0) is 0 Å².